The molecule has 1 amide bonds. The fourth-order valence-corrected chi connectivity index (χ4v) is 2.71. The average molecular weight is 386 g/mol. The van der Waals surface area contributed by atoms with E-state index in [2.05, 4.69) is 10.2 Å². The predicted molar refractivity (Wildman–Crippen MR) is 86.7 cm³/mol. The maximum absolute atomic E-state index is 13.7. The van der Waals surface area contributed by atoms with Crippen LogP contribution in [0.4, 0.5) is 27.6 Å². The zero-order chi connectivity index (χ0) is 19.6. The van der Waals surface area contributed by atoms with Crippen LogP contribution in [0.5, 0.6) is 0 Å². The van der Waals surface area contributed by atoms with E-state index in [0.29, 0.717) is 19.8 Å². The number of nitrogens with one attached hydrogen (secondary N) is 1. The van der Waals surface area contributed by atoms with Crippen molar-refractivity contribution >= 4 is 11.6 Å². The molecule has 0 spiro atoms. The van der Waals surface area contributed by atoms with Crippen LogP contribution in [0.3, 0.4) is 0 Å². The lowest BCUT2D eigenvalue weighted by Crippen LogP contribution is -2.35. The van der Waals surface area contributed by atoms with Gasteiger partial charge < -0.3 is 10.1 Å². The van der Waals surface area contributed by atoms with E-state index in [1.165, 1.54) is 12.1 Å². The number of anilines is 1. The first kappa shape index (κ1) is 19.2. The van der Waals surface area contributed by atoms with Crippen molar-refractivity contribution in [3.05, 3.63) is 64.5 Å². The van der Waals surface area contributed by atoms with E-state index in [0.717, 1.165) is 18.7 Å². The molecule has 3 rings (SSSR count). The highest BCUT2D eigenvalue weighted by Crippen LogP contribution is 2.24. The summed E-state index contributed by atoms with van der Waals surface area (Å²) in [6.07, 6.45) is 0. The van der Waals surface area contributed by atoms with Gasteiger partial charge in [0.2, 0.25) is 5.82 Å². The summed E-state index contributed by atoms with van der Waals surface area (Å²) in [5.74, 6) is -12.4. The normalized spacial score (nSPS) is 15.0. The van der Waals surface area contributed by atoms with Crippen LogP contribution in [0.1, 0.15) is 15.9 Å². The Labute approximate surface area is 151 Å². The molecule has 0 aliphatic carbocycles. The Morgan fingerprint density at radius 3 is 1.96 bits per heavy atom. The second-order valence-electron chi connectivity index (χ2n) is 5.98. The second-order valence-corrected chi connectivity index (χ2v) is 5.98. The Hall–Kier alpha value is -2.52. The summed E-state index contributed by atoms with van der Waals surface area (Å²) in [6.45, 7) is 3.54. The average Bonchev–Trinajstić information content (AvgIpc) is 2.67. The Morgan fingerprint density at radius 1 is 0.889 bits per heavy atom. The van der Waals surface area contributed by atoms with Crippen LogP contribution in [0.2, 0.25) is 0 Å². The molecule has 0 saturated carbocycles. The Bertz CT molecular complexity index is 823. The topological polar surface area (TPSA) is 41.6 Å². The Kier molecular flexibility index (Phi) is 5.71. The first-order valence-electron chi connectivity index (χ1n) is 8.10. The third-order valence-corrected chi connectivity index (χ3v) is 4.16. The van der Waals surface area contributed by atoms with E-state index in [9.17, 15) is 26.7 Å². The van der Waals surface area contributed by atoms with E-state index in [1.807, 2.05) is 0 Å². The highest BCUT2D eigenvalue weighted by atomic mass is 19.2. The fourth-order valence-electron chi connectivity index (χ4n) is 2.71. The zero-order valence-corrected chi connectivity index (χ0v) is 14.0. The molecule has 0 aromatic heterocycles. The van der Waals surface area contributed by atoms with E-state index < -0.39 is 40.6 Å². The molecule has 144 valence electrons. The Balaban J connectivity index is 1.73. The van der Waals surface area contributed by atoms with Crippen molar-refractivity contribution in [3.8, 4) is 0 Å². The van der Waals surface area contributed by atoms with E-state index in [1.54, 1.807) is 12.1 Å². The number of carbonyl (C=O) groups excluding carboxylic acids is 1. The first-order valence-corrected chi connectivity index (χ1v) is 8.10. The third kappa shape index (κ3) is 4.09. The number of ether oxygens (including phenoxy) is 1. The largest absolute Gasteiger partial charge is 0.379 e. The molecule has 9 heteroatoms. The van der Waals surface area contributed by atoms with Crippen LogP contribution in [0.25, 0.3) is 0 Å². The van der Waals surface area contributed by atoms with Crippen LogP contribution in [0.15, 0.2) is 24.3 Å². The van der Waals surface area contributed by atoms with Crippen LogP contribution < -0.4 is 5.32 Å². The number of morpholine rings is 1. The molecule has 0 atom stereocenters. The number of benzene rings is 2. The number of rotatable bonds is 4. The molecule has 0 radical (unpaired) electrons. The lowest BCUT2D eigenvalue weighted by molar-refractivity contribution is 0.0342. The Morgan fingerprint density at radius 2 is 1.41 bits per heavy atom. The zero-order valence-electron chi connectivity index (χ0n) is 14.0. The van der Waals surface area contributed by atoms with Crippen molar-refractivity contribution < 1.29 is 31.5 Å². The first-order chi connectivity index (χ1) is 12.9. The molecule has 1 saturated heterocycles. The molecule has 0 bridgehead atoms. The molecular formula is C18H15F5N2O2. The van der Waals surface area contributed by atoms with Crippen molar-refractivity contribution in [2.24, 2.45) is 0 Å². The van der Waals surface area contributed by atoms with Gasteiger partial charge in [0.05, 0.1) is 13.2 Å². The highest BCUT2D eigenvalue weighted by molar-refractivity contribution is 6.04. The summed E-state index contributed by atoms with van der Waals surface area (Å²) in [4.78, 5) is 14.2. The lowest BCUT2D eigenvalue weighted by atomic mass is 10.1. The van der Waals surface area contributed by atoms with Crippen molar-refractivity contribution in [2.75, 3.05) is 31.6 Å². The summed E-state index contributed by atoms with van der Waals surface area (Å²) < 4.78 is 72.1. The molecule has 4 nitrogen and oxygen atoms in total. The number of nitrogens with zero attached hydrogens (tertiary/aromatic N) is 1. The minimum Gasteiger partial charge on any atom is -0.379 e. The predicted octanol–water partition coefficient (Wildman–Crippen LogP) is 3.47. The van der Waals surface area contributed by atoms with Gasteiger partial charge in [-0.25, -0.2) is 22.0 Å². The number of hydrogen-bond donors (Lipinski definition) is 1. The number of carbonyl (C=O) groups is 1. The van der Waals surface area contributed by atoms with Crippen LogP contribution in [-0.4, -0.2) is 37.1 Å². The van der Waals surface area contributed by atoms with Gasteiger partial charge in [-0.3, -0.25) is 9.69 Å². The molecule has 2 aromatic carbocycles. The monoisotopic (exact) mass is 386 g/mol. The van der Waals surface area contributed by atoms with Gasteiger partial charge in [0.15, 0.2) is 23.3 Å². The number of halogens is 5. The fraction of sp³-hybridized carbons (Fsp3) is 0.278. The highest BCUT2D eigenvalue weighted by Gasteiger charge is 2.29. The molecule has 0 unspecified atom stereocenters. The molecule has 1 aliphatic rings. The van der Waals surface area contributed by atoms with Crippen molar-refractivity contribution in [3.63, 3.8) is 0 Å². The summed E-state index contributed by atoms with van der Waals surface area (Å²) in [6, 6.07) is 6.37. The quantitative estimate of drug-likeness (QED) is 0.497. The number of hydrogen-bond acceptors (Lipinski definition) is 3. The van der Waals surface area contributed by atoms with Gasteiger partial charge in [0.1, 0.15) is 5.56 Å². The van der Waals surface area contributed by atoms with Gasteiger partial charge in [-0.05, 0) is 17.7 Å². The van der Waals surface area contributed by atoms with Crippen molar-refractivity contribution in [2.45, 2.75) is 6.54 Å². The van der Waals surface area contributed by atoms with Crippen LogP contribution in [-0.2, 0) is 11.3 Å². The van der Waals surface area contributed by atoms with Gasteiger partial charge in [0.25, 0.3) is 5.91 Å². The van der Waals surface area contributed by atoms with E-state index in [-0.39, 0.29) is 5.69 Å². The van der Waals surface area contributed by atoms with Crippen molar-refractivity contribution in [1.82, 2.24) is 4.90 Å². The van der Waals surface area contributed by atoms with Crippen LogP contribution in [0, 0.1) is 29.1 Å². The van der Waals surface area contributed by atoms with Crippen molar-refractivity contribution in [1.29, 1.82) is 0 Å². The lowest BCUT2D eigenvalue weighted by Gasteiger charge is -2.26. The van der Waals surface area contributed by atoms with E-state index in [4.69, 9.17) is 4.74 Å². The summed E-state index contributed by atoms with van der Waals surface area (Å²) in [5, 5.41) is 2.14. The van der Waals surface area contributed by atoms with Gasteiger partial charge in [0, 0.05) is 25.3 Å². The van der Waals surface area contributed by atoms with Crippen LogP contribution >= 0.6 is 0 Å². The summed E-state index contributed by atoms with van der Waals surface area (Å²) >= 11 is 0. The molecule has 2 aromatic rings. The van der Waals surface area contributed by atoms with E-state index >= 15 is 0 Å². The van der Waals surface area contributed by atoms with Gasteiger partial charge in [-0.1, -0.05) is 12.1 Å². The minimum absolute atomic E-state index is 0.162. The minimum atomic E-state index is -2.31. The van der Waals surface area contributed by atoms with Gasteiger partial charge in [-0.15, -0.1) is 0 Å². The molecule has 1 fully saturated rings. The standard InChI is InChI=1S/C18H15F5N2O2/c19-13-12(14(20)16(22)17(23)15(13)21)18(26)24-11-3-1-10(2-4-11)9-25-5-7-27-8-6-25/h1-4H,5-9H2,(H,24,26). The molecule has 1 N–H and O–H groups in total. The maximum atomic E-state index is 13.7. The SMILES string of the molecule is O=C(Nc1ccc(CN2CCOCC2)cc1)c1c(F)c(F)c(F)c(F)c1F. The maximum Gasteiger partial charge on any atom is 0.261 e. The molecule has 1 aliphatic heterocycles. The van der Waals surface area contributed by atoms with Gasteiger partial charge in [-0.2, -0.15) is 0 Å². The summed E-state index contributed by atoms with van der Waals surface area (Å²) in [7, 11) is 0. The second kappa shape index (κ2) is 8.01. The third-order valence-electron chi connectivity index (χ3n) is 4.16. The summed E-state index contributed by atoms with van der Waals surface area (Å²) in [5.41, 5.74) is -0.426. The molecule has 1 heterocycles. The molecular weight excluding hydrogens is 371 g/mol. The van der Waals surface area contributed by atoms with Gasteiger partial charge >= 0.3 is 0 Å². The number of amides is 1. The molecule has 27 heavy (non-hydrogen) atoms. The smallest absolute Gasteiger partial charge is 0.261 e.